The number of anilines is 2. The van der Waals surface area contributed by atoms with Crippen molar-refractivity contribution in [3.8, 4) is 11.5 Å². The molecule has 0 unspecified atom stereocenters. The van der Waals surface area contributed by atoms with E-state index in [0.717, 1.165) is 31.3 Å². The van der Waals surface area contributed by atoms with Crippen molar-refractivity contribution in [1.82, 2.24) is 14.9 Å². The fourth-order valence-corrected chi connectivity index (χ4v) is 3.59. The largest absolute Gasteiger partial charge is 0.493 e. The zero-order valence-electron chi connectivity index (χ0n) is 16.3. The summed E-state index contributed by atoms with van der Waals surface area (Å²) in [5.41, 5.74) is 1.34. The van der Waals surface area contributed by atoms with Crippen LogP contribution in [0.3, 0.4) is 0 Å². The van der Waals surface area contributed by atoms with E-state index >= 15 is 0 Å². The van der Waals surface area contributed by atoms with Crippen molar-refractivity contribution < 1.29 is 13.9 Å². The van der Waals surface area contributed by atoms with Gasteiger partial charge in [-0.05, 0) is 44.2 Å². The monoisotopic (exact) mass is 416 g/mol. The fraction of sp³-hybridized carbons (Fsp3) is 0.333. The second kappa shape index (κ2) is 8.39. The van der Waals surface area contributed by atoms with Crippen LogP contribution in [-0.4, -0.2) is 48.2 Å². The van der Waals surface area contributed by atoms with Crippen LogP contribution >= 0.6 is 11.6 Å². The molecule has 1 fully saturated rings. The van der Waals surface area contributed by atoms with E-state index in [1.807, 2.05) is 12.1 Å². The van der Waals surface area contributed by atoms with Crippen molar-refractivity contribution in [2.24, 2.45) is 0 Å². The van der Waals surface area contributed by atoms with E-state index in [1.54, 1.807) is 13.2 Å². The van der Waals surface area contributed by atoms with Crippen molar-refractivity contribution in [3.63, 3.8) is 0 Å². The first-order chi connectivity index (χ1) is 14.0. The van der Waals surface area contributed by atoms with Crippen molar-refractivity contribution in [3.05, 3.63) is 47.5 Å². The Bertz CT molecular complexity index is 1020. The number of rotatable bonds is 5. The van der Waals surface area contributed by atoms with Crippen LogP contribution in [0.4, 0.5) is 15.9 Å². The number of piperidine rings is 1. The zero-order valence-corrected chi connectivity index (χ0v) is 17.0. The summed E-state index contributed by atoms with van der Waals surface area (Å²) in [7, 11) is 3.73. The third-order valence-corrected chi connectivity index (χ3v) is 5.35. The molecule has 0 radical (unpaired) electrons. The van der Waals surface area contributed by atoms with Gasteiger partial charge < -0.3 is 19.7 Å². The predicted octanol–water partition coefficient (Wildman–Crippen LogP) is 4.65. The normalized spacial score (nSPS) is 15.4. The quantitative estimate of drug-likeness (QED) is 0.653. The first-order valence-electron chi connectivity index (χ1n) is 9.43. The number of benzene rings is 2. The highest BCUT2D eigenvalue weighted by Crippen LogP contribution is 2.36. The topological polar surface area (TPSA) is 59.5 Å². The summed E-state index contributed by atoms with van der Waals surface area (Å²) in [6, 6.07) is 8.16. The summed E-state index contributed by atoms with van der Waals surface area (Å²) in [4.78, 5) is 11.0. The zero-order chi connectivity index (χ0) is 20.4. The molecule has 1 saturated heterocycles. The Morgan fingerprint density at radius 1 is 1.14 bits per heavy atom. The van der Waals surface area contributed by atoms with Gasteiger partial charge in [-0.25, -0.2) is 14.4 Å². The molecule has 1 N–H and O–H groups in total. The van der Waals surface area contributed by atoms with Crippen molar-refractivity contribution in [1.29, 1.82) is 0 Å². The highest BCUT2D eigenvalue weighted by Gasteiger charge is 2.20. The molecule has 6 nitrogen and oxygen atoms in total. The lowest BCUT2D eigenvalue weighted by molar-refractivity contribution is 0.111. The standard InChI is InChI=1S/C21H22ClFN4O2/c1-27-7-5-14(6-8-27)29-20-10-15-18(11-19(20)28-2)24-12-25-21(15)26-13-3-4-17(23)16(22)9-13/h3-4,9-12,14H,5-8H2,1-2H3,(H,24,25,26). The third-order valence-electron chi connectivity index (χ3n) is 5.06. The number of hydrogen-bond acceptors (Lipinski definition) is 6. The summed E-state index contributed by atoms with van der Waals surface area (Å²) < 4.78 is 25.3. The van der Waals surface area contributed by atoms with Crippen molar-refractivity contribution >= 4 is 34.0 Å². The van der Waals surface area contributed by atoms with Crippen LogP contribution in [0.15, 0.2) is 36.7 Å². The molecule has 2 heterocycles. The molecule has 1 aromatic heterocycles. The summed E-state index contributed by atoms with van der Waals surface area (Å²) in [6.45, 7) is 2.00. The molecule has 0 atom stereocenters. The maximum atomic E-state index is 13.5. The van der Waals surface area contributed by atoms with Crippen LogP contribution < -0.4 is 14.8 Å². The van der Waals surface area contributed by atoms with Crippen LogP contribution in [0.2, 0.25) is 5.02 Å². The van der Waals surface area contributed by atoms with Gasteiger partial charge in [-0.15, -0.1) is 0 Å². The lowest BCUT2D eigenvalue weighted by Crippen LogP contribution is -2.35. The Morgan fingerprint density at radius 3 is 2.66 bits per heavy atom. The Hall–Kier alpha value is -2.64. The van der Waals surface area contributed by atoms with Crippen molar-refractivity contribution in [2.75, 3.05) is 32.6 Å². The molecule has 0 aliphatic carbocycles. The SMILES string of the molecule is COc1cc2ncnc(Nc3ccc(F)c(Cl)c3)c2cc1OC1CCN(C)CC1. The summed E-state index contributed by atoms with van der Waals surface area (Å²) in [5.74, 6) is 1.40. The molecule has 1 aliphatic rings. The molecule has 0 saturated carbocycles. The Morgan fingerprint density at radius 2 is 1.93 bits per heavy atom. The number of halogens is 2. The molecule has 8 heteroatoms. The van der Waals surface area contributed by atoms with Gasteiger partial charge in [0, 0.05) is 30.2 Å². The Balaban J connectivity index is 1.67. The van der Waals surface area contributed by atoms with Crippen LogP contribution in [0.5, 0.6) is 11.5 Å². The van der Waals surface area contributed by atoms with Crippen LogP contribution in [0, 0.1) is 5.82 Å². The Kier molecular flexibility index (Phi) is 5.69. The van der Waals surface area contributed by atoms with Crippen LogP contribution in [-0.2, 0) is 0 Å². The highest BCUT2D eigenvalue weighted by molar-refractivity contribution is 6.31. The van der Waals surface area contributed by atoms with Gasteiger partial charge in [0.2, 0.25) is 0 Å². The number of hydrogen-bond donors (Lipinski definition) is 1. The number of likely N-dealkylation sites (tertiary alicyclic amines) is 1. The highest BCUT2D eigenvalue weighted by atomic mass is 35.5. The van der Waals surface area contributed by atoms with Crippen LogP contribution in [0.1, 0.15) is 12.8 Å². The average Bonchev–Trinajstić information content (AvgIpc) is 2.72. The van der Waals surface area contributed by atoms with Gasteiger partial charge in [0.25, 0.3) is 0 Å². The number of fused-ring (bicyclic) bond motifs is 1. The van der Waals surface area contributed by atoms with E-state index in [4.69, 9.17) is 21.1 Å². The molecule has 0 bridgehead atoms. The van der Waals surface area contributed by atoms with Gasteiger partial charge in [-0.1, -0.05) is 11.6 Å². The number of methoxy groups -OCH3 is 1. The number of ether oxygens (including phenoxy) is 2. The number of nitrogens with zero attached hydrogens (tertiary/aromatic N) is 3. The van der Waals surface area contributed by atoms with Gasteiger partial charge in [-0.2, -0.15) is 0 Å². The van der Waals surface area contributed by atoms with Crippen molar-refractivity contribution in [2.45, 2.75) is 18.9 Å². The van der Waals surface area contributed by atoms with E-state index < -0.39 is 5.82 Å². The van der Waals surface area contributed by atoms with Crippen LogP contribution in [0.25, 0.3) is 10.9 Å². The minimum atomic E-state index is -0.469. The van der Waals surface area contributed by atoms with Gasteiger partial charge in [0.15, 0.2) is 11.5 Å². The van der Waals surface area contributed by atoms with Gasteiger partial charge in [-0.3, -0.25) is 0 Å². The average molecular weight is 417 g/mol. The summed E-state index contributed by atoms with van der Waals surface area (Å²) >= 11 is 5.89. The molecular formula is C21H22ClFN4O2. The molecule has 3 aromatic rings. The van der Waals surface area contributed by atoms with E-state index in [-0.39, 0.29) is 11.1 Å². The minimum Gasteiger partial charge on any atom is -0.493 e. The first-order valence-corrected chi connectivity index (χ1v) is 9.81. The Labute approximate surface area is 173 Å². The molecule has 29 heavy (non-hydrogen) atoms. The maximum Gasteiger partial charge on any atom is 0.162 e. The van der Waals surface area contributed by atoms with Gasteiger partial charge in [0.1, 0.15) is 24.1 Å². The summed E-state index contributed by atoms with van der Waals surface area (Å²) in [5, 5.41) is 4.00. The molecule has 4 rings (SSSR count). The lowest BCUT2D eigenvalue weighted by Gasteiger charge is -2.29. The van der Waals surface area contributed by atoms with Gasteiger partial charge in [0.05, 0.1) is 17.6 Å². The van der Waals surface area contributed by atoms with E-state index in [1.165, 1.54) is 18.5 Å². The van der Waals surface area contributed by atoms with E-state index in [2.05, 4.69) is 27.2 Å². The first kappa shape index (κ1) is 19.7. The van der Waals surface area contributed by atoms with E-state index in [9.17, 15) is 4.39 Å². The maximum absolute atomic E-state index is 13.5. The van der Waals surface area contributed by atoms with Gasteiger partial charge >= 0.3 is 0 Å². The summed E-state index contributed by atoms with van der Waals surface area (Å²) in [6.07, 6.45) is 3.52. The molecule has 2 aromatic carbocycles. The second-order valence-corrected chi connectivity index (χ2v) is 7.52. The van der Waals surface area contributed by atoms with E-state index in [0.29, 0.717) is 28.5 Å². The third kappa shape index (κ3) is 4.36. The molecule has 0 spiro atoms. The fourth-order valence-electron chi connectivity index (χ4n) is 3.41. The smallest absolute Gasteiger partial charge is 0.162 e. The molecule has 0 amide bonds. The predicted molar refractivity (Wildman–Crippen MR) is 112 cm³/mol. The second-order valence-electron chi connectivity index (χ2n) is 7.12. The molecule has 1 aliphatic heterocycles. The number of nitrogens with one attached hydrogen (secondary N) is 1. The lowest BCUT2D eigenvalue weighted by atomic mass is 10.1. The minimum absolute atomic E-state index is 0.0429. The molecule has 152 valence electrons. The number of aromatic nitrogens is 2. The molecular weight excluding hydrogens is 395 g/mol.